The molecule has 0 aromatic heterocycles. The summed E-state index contributed by atoms with van der Waals surface area (Å²) in [5.74, 6) is 0.575. The Hall–Kier alpha value is -0.590. The van der Waals surface area contributed by atoms with E-state index in [0.717, 1.165) is 12.5 Å². The maximum atomic E-state index is 9.73. The maximum absolute atomic E-state index is 9.73. The fraction of sp³-hybridized carbons (Fsp3) is 0.941. The lowest BCUT2D eigenvalue weighted by atomic mass is 9.85. The van der Waals surface area contributed by atoms with Crippen LogP contribution in [0.2, 0.25) is 0 Å². The van der Waals surface area contributed by atoms with E-state index >= 15 is 0 Å². The van der Waals surface area contributed by atoms with E-state index in [4.69, 9.17) is 0 Å². The summed E-state index contributed by atoms with van der Waals surface area (Å²) in [5.41, 5.74) is -0.192. The molecule has 0 radical (unpaired) electrons. The molecule has 1 heterocycles. The highest BCUT2D eigenvalue weighted by atomic mass is 15.2. The van der Waals surface area contributed by atoms with Gasteiger partial charge in [-0.1, -0.05) is 13.3 Å². The lowest BCUT2D eigenvalue weighted by molar-refractivity contribution is 0.206. The molecule has 3 rings (SSSR count). The third kappa shape index (κ3) is 2.87. The van der Waals surface area contributed by atoms with Gasteiger partial charge in [0.05, 0.1) is 6.07 Å². The van der Waals surface area contributed by atoms with E-state index < -0.39 is 0 Å². The van der Waals surface area contributed by atoms with E-state index in [0.29, 0.717) is 12.0 Å². The highest BCUT2D eigenvalue weighted by Gasteiger charge is 2.46. The molecule has 0 amide bonds. The Bertz CT molecular complexity index is 371. The van der Waals surface area contributed by atoms with Crippen molar-refractivity contribution in [2.75, 3.05) is 13.1 Å². The van der Waals surface area contributed by atoms with Crippen molar-refractivity contribution in [3.05, 3.63) is 0 Å². The van der Waals surface area contributed by atoms with Crippen molar-refractivity contribution in [3.8, 4) is 6.07 Å². The molecule has 0 aromatic carbocycles. The van der Waals surface area contributed by atoms with Gasteiger partial charge in [0.25, 0.3) is 0 Å². The molecule has 20 heavy (non-hydrogen) atoms. The molecule has 1 N–H and O–H groups in total. The number of hydrogen-bond acceptors (Lipinski definition) is 3. The van der Waals surface area contributed by atoms with E-state index in [1.165, 1.54) is 64.5 Å². The van der Waals surface area contributed by atoms with Crippen LogP contribution in [0, 0.1) is 17.2 Å². The molecule has 2 aliphatic carbocycles. The number of nitrogens with zero attached hydrogens (tertiary/aromatic N) is 2. The molecule has 1 aliphatic heterocycles. The maximum Gasteiger partial charge on any atom is 0.109 e. The van der Waals surface area contributed by atoms with Crippen LogP contribution in [0.1, 0.15) is 64.7 Å². The second-order valence-electron chi connectivity index (χ2n) is 7.12. The Morgan fingerprint density at radius 3 is 2.80 bits per heavy atom. The number of likely N-dealkylation sites (tertiary alicyclic amines) is 1. The number of hydrogen-bond donors (Lipinski definition) is 1. The SMILES string of the molecule is CCC1CCCN1CCC1CCCC1(C#N)NC1CC1. The predicted octanol–water partition coefficient (Wildman–Crippen LogP) is 3.07. The molecule has 3 aliphatic rings. The minimum Gasteiger partial charge on any atom is -0.300 e. The zero-order valence-corrected chi connectivity index (χ0v) is 12.9. The zero-order valence-electron chi connectivity index (χ0n) is 12.9. The molecule has 3 unspecified atom stereocenters. The van der Waals surface area contributed by atoms with Gasteiger partial charge in [-0.05, 0) is 70.4 Å². The fourth-order valence-electron chi connectivity index (χ4n) is 4.40. The van der Waals surface area contributed by atoms with Crippen LogP contribution in [0.25, 0.3) is 0 Å². The Morgan fingerprint density at radius 1 is 1.25 bits per heavy atom. The van der Waals surface area contributed by atoms with Crippen LogP contribution in [0.3, 0.4) is 0 Å². The molecule has 0 spiro atoms. The summed E-state index contributed by atoms with van der Waals surface area (Å²) < 4.78 is 0. The summed E-state index contributed by atoms with van der Waals surface area (Å²) in [6.07, 6.45) is 11.4. The van der Waals surface area contributed by atoms with Gasteiger partial charge < -0.3 is 4.90 Å². The molecular weight excluding hydrogens is 246 g/mol. The van der Waals surface area contributed by atoms with Crippen LogP contribution in [0.4, 0.5) is 0 Å². The summed E-state index contributed by atoms with van der Waals surface area (Å²) in [6, 6.07) is 4.12. The molecule has 3 atom stereocenters. The van der Waals surface area contributed by atoms with E-state index in [2.05, 4.69) is 23.2 Å². The number of nitrogens with one attached hydrogen (secondary N) is 1. The fourth-order valence-corrected chi connectivity index (χ4v) is 4.40. The Labute approximate surface area is 123 Å². The topological polar surface area (TPSA) is 39.1 Å². The van der Waals surface area contributed by atoms with E-state index in [1.807, 2.05) is 0 Å². The van der Waals surface area contributed by atoms with Gasteiger partial charge in [0, 0.05) is 12.1 Å². The minimum absolute atomic E-state index is 0.192. The predicted molar refractivity (Wildman–Crippen MR) is 81.3 cm³/mol. The minimum atomic E-state index is -0.192. The second kappa shape index (κ2) is 6.03. The van der Waals surface area contributed by atoms with Gasteiger partial charge in [0.2, 0.25) is 0 Å². The summed E-state index contributed by atoms with van der Waals surface area (Å²) in [7, 11) is 0. The lowest BCUT2D eigenvalue weighted by Crippen LogP contribution is -2.49. The van der Waals surface area contributed by atoms with Crippen molar-refractivity contribution in [1.29, 1.82) is 5.26 Å². The summed E-state index contributed by atoms with van der Waals surface area (Å²) in [5, 5.41) is 13.4. The first-order valence-corrected chi connectivity index (χ1v) is 8.70. The summed E-state index contributed by atoms with van der Waals surface area (Å²) in [4.78, 5) is 2.68. The lowest BCUT2D eigenvalue weighted by Gasteiger charge is -2.32. The Balaban J connectivity index is 1.56. The third-order valence-corrected chi connectivity index (χ3v) is 5.79. The van der Waals surface area contributed by atoms with Crippen molar-refractivity contribution < 1.29 is 0 Å². The molecule has 3 nitrogen and oxygen atoms in total. The third-order valence-electron chi connectivity index (χ3n) is 5.79. The molecule has 0 bridgehead atoms. The van der Waals surface area contributed by atoms with Crippen LogP contribution in [0.5, 0.6) is 0 Å². The van der Waals surface area contributed by atoms with Crippen molar-refractivity contribution in [2.45, 2.75) is 82.3 Å². The van der Waals surface area contributed by atoms with Gasteiger partial charge in [-0.2, -0.15) is 5.26 Å². The molecule has 3 heteroatoms. The Morgan fingerprint density at radius 2 is 2.10 bits per heavy atom. The van der Waals surface area contributed by atoms with Crippen molar-refractivity contribution >= 4 is 0 Å². The van der Waals surface area contributed by atoms with E-state index in [9.17, 15) is 5.26 Å². The first kappa shape index (κ1) is 14.4. The highest BCUT2D eigenvalue weighted by Crippen LogP contribution is 2.40. The van der Waals surface area contributed by atoms with Gasteiger partial charge in [-0.15, -0.1) is 0 Å². The second-order valence-corrected chi connectivity index (χ2v) is 7.12. The first-order chi connectivity index (χ1) is 9.77. The average Bonchev–Trinajstić information content (AvgIpc) is 3.02. The molecule has 3 fully saturated rings. The van der Waals surface area contributed by atoms with Gasteiger partial charge >= 0.3 is 0 Å². The summed E-state index contributed by atoms with van der Waals surface area (Å²) >= 11 is 0. The summed E-state index contributed by atoms with van der Waals surface area (Å²) in [6.45, 7) is 4.80. The van der Waals surface area contributed by atoms with Crippen LogP contribution >= 0.6 is 0 Å². The first-order valence-electron chi connectivity index (χ1n) is 8.70. The van der Waals surface area contributed by atoms with Crippen molar-refractivity contribution in [3.63, 3.8) is 0 Å². The number of nitriles is 1. The zero-order chi connectivity index (χ0) is 14.0. The standard InChI is InChI=1S/C17H29N3/c1-2-16-6-4-11-20(16)12-9-14-5-3-10-17(14,13-18)19-15-7-8-15/h14-16,19H,2-12H2,1H3. The Kier molecular flexibility index (Phi) is 4.33. The largest absolute Gasteiger partial charge is 0.300 e. The van der Waals surface area contributed by atoms with E-state index in [-0.39, 0.29) is 5.54 Å². The molecule has 112 valence electrons. The van der Waals surface area contributed by atoms with Gasteiger partial charge in [-0.25, -0.2) is 0 Å². The van der Waals surface area contributed by atoms with Gasteiger partial charge in [0.1, 0.15) is 5.54 Å². The number of rotatable bonds is 6. The van der Waals surface area contributed by atoms with Crippen LogP contribution in [0.15, 0.2) is 0 Å². The van der Waals surface area contributed by atoms with Crippen LogP contribution < -0.4 is 5.32 Å². The van der Waals surface area contributed by atoms with Crippen LogP contribution in [-0.4, -0.2) is 35.6 Å². The van der Waals surface area contributed by atoms with Gasteiger partial charge in [0.15, 0.2) is 0 Å². The quantitative estimate of drug-likeness (QED) is 0.809. The highest BCUT2D eigenvalue weighted by molar-refractivity contribution is 5.16. The molecule has 2 saturated carbocycles. The smallest absolute Gasteiger partial charge is 0.109 e. The average molecular weight is 275 g/mol. The monoisotopic (exact) mass is 275 g/mol. The van der Waals surface area contributed by atoms with Crippen LogP contribution in [-0.2, 0) is 0 Å². The van der Waals surface area contributed by atoms with Crippen molar-refractivity contribution in [1.82, 2.24) is 10.2 Å². The molecule has 0 aromatic rings. The molecular formula is C17H29N3. The van der Waals surface area contributed by atoms with Crippen molar-refractivity contribution in [2.24, 2.45) is 5.92 Å². The van der Waals surface area contributed by atoms with E-state index in [1.54, 1.807) is 0 Å². The molecule has 1 saturated heterocycles. The van der Waals surface area contributed by atoms with Gasteiger partial charge in [-0.3, -0.25) is 5.32 Å². The normalized spacial score (nSPS) is 38.2.